The fourth-order valence-corrected chi connectivity index (χ4v) is 2.58. The summed E-state index contributed by atoms with van der Waals surface area (Å²) in [6, 6.07) is 2.74. The molecule has 0 aromatic carbocycles. The van der Waals surface area contributed by atoms with Crippen molar-refractivity contribution in [3.05, 3.63) is 48.3 Å². The predicted molar refractivity (Wildman–Crippen MR) is 75.2 cm³/mol. The Bertz CT molecular complexity index is 635. The quantitative estimate of drug-likeness (QED) is 0.907. The summed E-state index contributed by atoms with van der Waals surface area (Å²) in [6.45, 7) is 0.839. The molecule has 1 atom stereocenters. The standard InChI is InChI=1S/C15H16N2O5/c18-8-13-7-16(14(19)11-1-5-21-9-11)3-4-17(13)15(20)12-2-6-22-10-12/h1-2,5-6,9-10,13,18H,3-4,7-8H2. The van der Waals surface area contributed by atoms with Crippen LogP contribution in [0.25, 0.3) is 0 Å². The lowest BCUT2D eigenvalue weighted by molar-refractivity contribution is 0.0267. The highest BCUT2D eigenvalue weighted by molar-refractivity contribution is 5.95. The molecule has 1 fully saturated rings. The molecule has 7 heteroatoms. The summed E-state index contributed by atoms with van der Waals surface area (Å²) >= 11 is 0. The van der Waals surface area contributed by atoms with Crippen molar-refractivity contribution < 1.29 is 23.5 Å². The fraction of sp³-hybridized carbons (Fsp3) is 0.333. The van der Waals surface area contributed by atoms with Gasteiger partial charge in [-0.2, -0.15) is 0 Å². The van der Waals surface area contributed by atoms with Crippen LogP contribution < -0.4 is 0 Å². The summed E-state index contributed by atoms with van der Waals surface area (Å²) in [5.74, 6) is -0.370. The zero-order valence-electron chi connectivity index (χ0n) is 11.8. The van der Waals surface area contributed by atoms with Crippen LogP contribution >= 0.6 is 0 Å². The van der Waals surface area contributed by atoms with Crippen LogP contribution in [0.15, 0.2) is 46.0 Å². The molecule has 0 spiro atoms. The number of hydrogen-bond acceptors (Lipinski definition) is 5. The number of furan rings is 2. The molecule has 2 amide bonds. The lowest BCUT2D eigenvalue weighted by atomic mass is 10.1. The molecule has 0 saturated carbocycles. The van der Waals surface area contributed by atoms with Crippen molar-refractivity contribution >= 4 is 11.8 Å². The Morgan fingerprint density at radius 3 is 2.27 bits per heavy atom. The van der Waals surface area contributed by atoms with Crippen LogP contribution in [0, 0.1) is 0 Å². The highest BCUT2D eigenvalue weighted by atomic mass is 16.3. The Morgan fingerprint density at radius 1 is 1.09 bits per heavy atom. The topological polar surface area (TPSA) is 87.1 Å². The van der Waals surface area contributed by atoms with Crippen LogP contribution in [0.1, 0.15) is 20.7 Å². The van der Waals surface area contributed by atoms with Crippen molar-refractivity contribution in [1.82, 2.24) is 9.80 Å². The zero-order chi connectivity index (χ0) is 15.5. The first-order chi connectivity index (χ1) is 10.7. The van der Waals surface area contributed by atoms with Crippen molar-refractivity contribution in [2.24, 2.45) is 0 Å². The van der Waals surface area contributed by atoms with E-state index in [1.54, 1.807) is 21.9 Å². The molecule has 0 bridgehead atoms. The summed E-state index contributed by atoms with van der Waals surface area (Å²) in [5.41, 5.74) is 0.902. The largest absolute Gasteiger partial charge is 0.472 e. The number of amides is 2. The normalized spacial score (nSPS) is 18.5. The van der Waals surface area contributed by atoms with Gasteiger partial charge in [0.1, 0.15) is 12.5 Å². The van der Waals surface area contributed by atoms with Gasteiger partial charge in [-0.15, -0.1) is 0 Å². The Labute approximate surface area is 126 Å². The van der Waals surface area contributed by atoms with E-state index in [9.17, 15) is 14.7 Å². The summed E-state index contributed by atoms with van der Waals surface area (Å²) in [5, 5.41) is 9.56. The maximum atomic E-state index is 12.4. The van der Waals surface area contributed by atoms with Gasteiger partial charge in [-0.3, -0.25) is 9.59 Å². The van der Waals surface area contributed by atoms with Gasteiger partial charge in [0.05, 0.1) is 36.3 Å². The molecule has 3 heterocycles. The molecule has 0 radical (unpaired) electrons. The van der Waals surface area contributed by atoms with Crippen LogP contribution in [-0.4, -0.2) is 59.0 Å². The summed E-state index contributed by atoms with van der Waals surface area (Å²) in [4.78, 5) is 27.9. The molecule has 1 aliphatic heterocycles. The lowest BCUT2D eigenvalue weighted by Gasteiger charge is -2.40. The Hall–Kier alpha value is -2.54. The second kappa shape index (κ2) is 6.07. The van der Waals surface area contributed by atoms with E-state index >= 15 is 0 Å². The van der Waals surface area contributed by atoms with Crippen LogP contribution in [-0.2, 0) is 0 Å². The second-order valence-electron chi connectivity index (χ2n) is 5.11. The summed E-state index contributed by atoms with van der Waals surface area (Å²) in [6.07, 6.45) is 5.63. The minimum absolute atomic E-state index is 0.164. The van der Waals surface area contributed by atoms with Crippen molar-refractivity contribution in [3.8, 4) is 0 Å². The van der Waals surface area contributed by atoms with E-state index in [-0.39, 0.29) is 25.0 Å². The van der Waals surface area contributed by atoms with Gasteiger partial charge in [-0.25, -0.2) is 0 Å². The average molecular weight is 304 g/mol. The van der Waals surface area contributed by atoms with Gasteiger partial charge in [0.15, 0.2) is 0 Å². The van der Waals surface area contributed by atoms with Crippen LogP contribution in [0.3, 0.4) is 0 Å². The predicted octanol–water partition coefficient (Wildman–Crippen LogP) is 0.832. The van der Waals surface area contributed by atoms with Crippen molar-refractivity contribution in [3.63, 3.8) is 0 Å². The SMILES string of the molecule is O=C(c1ccoc1)N1CCN(C(=O)c2ccoc2)C(CO)C1. The lowest BCUT2D eigenvalue weighted by Crippen LogP contribution is -2.57. The van der Waals surface area contributed by atoms with E-state index in [1.807, 2.05) is 0 Å². The number of aliphatic hydroxyl groups is 1. The molecule has 22 heavy (non-hydrogen) atoms. The molecule has 2 aromatic rings. The van der Waals surface area contributed by atoms with Gasteiger partial charge >= 0.3 is 0 Å². The molecule has 3 rings (SSSR count). The van der Waals surface area contributed by atoms with Gasteiger partial charge in [0, 0.05) is 19.6 Å². The Morgan fingerprint density at radius 2 is 1.73 bits per heavy atom. The monoisotopic (exact) mass is 304 g/mol. The first-order valence-electron chi connectivity index (χ1n) is 6.96. The third kappa shape index (κ3) is 2.62. The molecule has 2 aromatic heterocycles. The number of nitrogens with zero attached hydrogens (tertiary/aromatic N) is 2. The fourth-order valence-electron chi connectivity index (χ4n) is 2.58. The maximum Gasteiger partial charge on any atom is 0.257 e. The van der Waals surface area contributed by atoms with E-state index in [0.717, 1.165) is 0 Å². The number of aliphatic hydroxyl groups excluding tert-OH is 1. The first kappa shape index (κ1) is 14.4. The molecular weight excluding hydrogens is 288 g/mol. The minimum atomic E-state index is -0.438. The Balaban J connectivity index is 1.71. The Kier molecular flexibility index (Phi) is 3.97. The van der Waals surface area contributed by atoms with E-state index in [2.05, 4.69) is 0 Å². The van der Waals surface area contributed by atoms with Crippen molar-refractivity contribution in [1.29, 1.82) is 0 Å². The summed E-state index contributed by atoms with van der Waals surface area (Å²) in [7, 11) is 0. The van der Waals surface area contributed by atoms with Gasteiger partial charge < -0.3 is 23.7 Å². The van der Waals surface area contributed by atoms with E-state index in [4.69, 9.17) is 8.83 Å². The highest BCUT2D eigenvalue weighted by Crippen LogP contribution is 2.17. The third-order valence-electron chi connectivity index (χ3n) is 3.78. The molecule has 1 aliphatic rings. The highest BCUT2D eigenvalue weighted by Gasteiger charge is 2.33. The van der Waals surface area contributed by atoms with E-state index < -0.39 is 6.04 Å². The zero-order valence-corrected chi connectivity index (χ0v) is 11.8. The van der Waals surface area contributed by atoms with Crippen LogP contribution in [0.5, 0.6) is 0 Å². The number of piperazine rings is 1. The number of carbonyl (C=O) groups excluding carboxylic acids is 2. The molecule has 1 unspecified atom stereocenters. The molecule has 0 aliphatic carbocycles. The molecule has 7 nitrogen and oxygen atoms in total. The first-order valence-corrected chi connectivity index (χ1v) is 6.96. The molecule has 1 N–H and O–H groups in total. The van der Waals surface area contributed by atoms with Crippen LogP contribution in [0.4, 0.5) is 0 Å². The van der Waals surface area contributed by atoms with Gasteiger partial charge in [-0.05, 0) is 12.1 Å². The van der Waals surface area contributed by atoms with Gasteiger partial charge in [-0.1, -0.05) is 0 Å². The van der Waals surface area contributed by atoms with E-state index in [0.29, 0.717) is 24.2 Å². The van der Waals surface area contributed by atoms with Crippen molar-refractivity contribution in [2.45, 2.75) is 6.04 Å². The molecular formula is C15H16N2O5. The summed E-state index contributed by atoms with van der Waals surface area (Å²) < 4.78 is 9.83. The molecule has 116 valence electrons. The van der Waals surface area contributed by atoms with E-state index in [1.165, 1.54) is 25.1 Å². The second-order valence-corrected chi connectivity index (χ2v) is 5.11. The molecule has 1 saturated heterocycles. The maximum absolute atomic E-state index is 12.4. The van der Waals surface area contributed by atoms with Crippen LogP contribution in [0.2, 0.25) is 0 Å². The average Bonchev–Trinajstić information content (AvgIpc) is 3.25. The number of rotatable bonds is 3. The minimum Gasteiger partial charge on any atom is -0.472 e. The number of hydrogen-bond donors (Lipinski definition) is 1. The number of carbonyl (C=O) groups is 2. The third-order valence-corrected chi connectivity index (χ3v) is 3.78. The van der Waals surface area contributed by atoms with Gasteiger partial charge in [0.25, 0.3) is 11.8 Å². The van der Waals surface area contributed by atoms with Gasteiger partial charge in [0.2, 0.25) is 0 Å². The smallest absolute Gasteiger partial charge is 0.257 e. The van der Waals surface area contributed by atoms with Crippen molar-refractivity contribution in [2.75, 3.05) is 26.2 Å².